The number of oxime groups is 1. The number of rotatable bonds is 6. The predicted octanol–water partition coefficient (Wildman–Crippen LogP) is 0.563. The summed E-state index contributed by atoms with van der Waals surface area (Å²) in [5.74, 6) is -0.793. The van der Waals surface area contributed by atoms with Crippen LogP contribution < -0.4 is 11.5 Å². The minimum absolute atomic E-state index is 0.195. The van der Waals surface area contributed by atoms with Crippen molar-refractivity contribution in [1.82, 2.24) is 14.5 Å². The molecule has 2 aromatic heterocycles. The maximum absolute atomic E-state index is 11.4. The molecule has 2 rings (SSSR count). The molecular formula is C11H13N7O4S. The average molecular weight is 339 g/mol. The standard InChI is InChI=1S/C11H13N7O4S/c1-5-14-8(18(20)21)3-17(5)6(2)22-16-9(10(12)19)7-4-23-11(13)15-7/h3-4,6H,1-2H3,(H2,12,19)(H2,13,15)/b16-9-. The van der Waals surface area contributed by atoms with Crippen LogP contribution in [0.25, 0.3) is 0 Å². The molecule has 23 heavy (non-hydrogen) atoms. The number of aryl methyl sites for hydroxylation is 1. The van der Waals surface area contributed by atoms with E-state index in [2.05, 4.69) is 15.1 Å². The Balaban J connectivity index is 2.22. The van der Waals surface area contributed by atoms with Crippen LogP contribution in [0.5, 0.6) is 0 Å². The number of nitrogens with two attached hydrogens (primary N) is 2. The second-order valence-electron chi connectivity index (χ2n) is 4.39. The molecule has 0 radical (unpaired) electrons. The first-order valence-corrected chi connectivity index (χ1v) is 7.12. The van der Waals surface area contributed by atoms with Crippen LogP contribution in [-0.4, -0.2) is 31.1 Å². The summed E-state index contributed by atoms with van der Waals surface area (Å²) in [4.78, 5) is 34.4. The van der Waals surface area contributed by atoms with Gasteiger partial charge in [0.25, 0.3) is 5.91 Å². The minimum atomic E-state index is -0.837. The van der Waals surface area contributed by atoms with Crippen molar-refractivity contribution in [3.05, 3.63) is 33.2 Å². The molecule has 1 atom stereocenters. The molecule has 0 aliphatic heterocycles. The fraction of sp³-hybridized carbons (Fsp3) is 0.273. The number of nitrogen functional groups attached to an aromatic ring is 1. The summed E-state index contributed by atoms with van der Waals surface area (Å²) in [6.45, 7) is 3.16. The van der Waals surface area contributed by atoms with Gasteiger partial charge in [0, 0.05) is 12.3 Å². The fourth-order valence-electron chi connectivity index (χ4n) is 1.72. The molecule has 0 saturated carbocycles. The number of thiazole rings is 1. The van der Waals surface area contributed by atoms with Crippen molar-refractivity contribution in [1.29, 1.82) is 0 Å². The number of amides is 1. The van der Waals surface area contributed by atoms with Crippen molar-refractivity contribution in [2.24, 2.45) is 10.9 Å². The van der Waals surface area contributed by atoms with E-state index in [9.17, 15) is 14.9 Å². The van der Waals surface area contributed by atoms with E-state index in [0.29, 0.717) is 5.82 Å². The molecule has 0 aromatic carbocycles. The zero-order chi connectivity index (χ0) is 17.1. The summed E-state index contributed by atoms with van der Waals surface area (Å²) in [5.41, 5.74) is 10.7. The highest BCUT2D eigenvalue weighted by Crippen LogP contribution is 2.18. The Labute approximate surface area is 133 Å². The van der Waals surface area contributed by atoms with E-state index in [0.717, 1.165) is 11.3 Å². The number of nitrogens with zero attached hydrogens (tertiary/aromatic N) is 5. The topological polar surface area (TPSA) is 165 Å². The van der Waals surface area contributed by atoms with Crippen molar-refractivity contribution in [2.75, 3.05) is 5.73 Å². The number of anilines is 1. The summed E-state index contributed by atoms with van der Waals surface area (Å²) >= 11 is 1.12. The number of hydrogen-bond donors (Lipinski definition) is 2. The molecular weight excluding hydrogens is 326 g/mol. The number of hydrogen-bond acceptors (Lipinski definition) is 9. The normalized spacial score (nSPS) is 12.9. The van der Waals surface area contributed by atoms with Crippen molar-refractivity contribution in [3.8, 4) is 0 Å². The van der Waals surface area contributed by atoms with Crippen LogP contribution in [0.15, 0.2) is 16.7 Å². The Morgan fingerprint density at radius 3 is 2.74 bits per heavy atom. The molecule has 4 N–H and O–H groups in total. The van der Waals surface area contributed by atoms with Gasteiger partial charge in [-0.3, -0.25) is 9.36 Å². The van der Waals surface area contributed by atoms with Crippen molar-refractivity contribution >= 4 is 33.9 Å². The van der Waals surface area contributed by atoms with E-state index < -0.39 is 17.1 Å². The van der Waals surface area contributed by atoms with Crippen LogP contribution in [0.1, 0.15) is 24.7 Å². The molecule has 122 valence electrons. The Morgan fingerprint density at radius 1 is 1.57 bits per heavy atom. The molecule has 1 unspecified atom stereocenters. The summed E-state index contributed by atoms with van der Waals surface area (Å²) in [6, 6.07) is 0. The van der Waals surface area contributed by atoms with Crippen LogP contribution in [-0.2, 0) is 9.63 Å². The van der Waals surface area contributed by atoms with Crippen molar-refractivity contribution in [3.63, 3.8) is 0 Å². The van der Waals surface area contributed by atoms with Gasteiger partial charge < -0.3 is 26.4 Å². The zero-order valence-electron chi connectivity index (χ0n) is 12.2. The lowest BCUT2D eigenvalue weighted by Gasteiger charge is -2.11. The maximum Gasteiger partial charge on any atom is 0.381 e. The first kappa shape index (κ1) is 16.4. The molecule has 0 aliphatic carbocycles. The number of aromatic nitrogens is 3. The maximum atomic E-state index is 11.4. The van der Waals surface area contributed by atoms with Gasteiger partial charge in [-0.25, -0.2) is 4.98 Å². The van der Waals surface area contributed by atoms with Gasteiger partial charge >= 0.3 is 5.82 Å². The first-order valence-electron chi connectivity index (χ1n) is 6.24. The summed E-state index contributed by atoms with van der Waals surface area (Å²) < 4.78 is 1.40. The molecule has 1 amide bonds. The molecule has 12 heteroatoms. The van der Waals surface area contributed by atoms with Gasteiger partial charge in [0.05, 0.1) is 0 Å². The van der Waals surface area contributed by atoms with Crippen LogP contribution >= 0.6 is 11.3 Å². The third-order valence-corrected chi connectivity index (χ3v) is 3.45. The van der Waals surface area contributed by atoms with Crippen LogP contribution in [0.4, 0.5) is 10.9 Å². The second kappa shape index (κ2) is 6.39. The number of primary amides is 1. The monoisotopic (exact) mass is 339 g/mol. The number of carbonyl (C=O) groups excluding carboxylic acids is 1. The van der Waals surface area contributed by atoms with E-state index >= 15 is 0 Å². The Hall–Kier alpha value is -3.02. The van der Waals surface area contributed by atoms with E-state index in [1.165, 1.54) is 16.1 Å². The molecule has 0 saturated heterocycles. The lowest BCUT2D eigenvalue weighted by atomic mass is 10.3. The highest BCUT2D eigenvalue weighted by molar-refractivity contribution is 7.13. The van der Waals surface area contributed by atoms with Gasteiger partial charge in [-0.05, 0) is 16.8 Å². The minimum Gasteiger partial charge on any atom is -0.375 e. The Morgan fingerprint density at radius 2 is 2.26 bits per heavy atom. The van der Waals surface area contributed by atoms with E-state index in [4.69, 9.17) is 16.3 Å². The highest BCUT2D eigenvalue weighted by Gasteiger charge is 2.21. The van der Waals surface area contributed by atoms with Gasteiger partial charge in [-0.15, -0.1) is 11.3 Å². The molecule has 2 heterocycles. The van der Waals surface area contributed by atoms with Crippen LogP contribution in [0, 0.1) is 17.0 Å². The summed E-state index contributed by atoms with van der Waals surface area (Å²) in [6.07, 6.45) is 0.460. The first-order chi connectivity index (χ1) is 10.8. The fourth-order valence-corrected chi connectivity index (χ4v) is 2.27. The van der Waals surface area contributed by atoms with Gasteiger partial charge in [0.15, 0.2) is 10.8 Å². The van der Waals surface area contributed by atoms with Gasteiger partial charge in [0.1, 0.15) is 11.9 Å². The molecule has 0 fully saturated rings. The summed E-state index contributed by atoms with van der Waals surface area (Å²) in [7, 11) is 0. The second-order valence-corrected chi connectivity index (χ2v) is 5.28. The van der Waals surface area contributed by atoms with E-state index in [1.807, 2.05) is 0 Å². The molecule has 2 aromatic rings. The van der Waals surface area contributed by atoms with Gasteiger partial charge in [-0.1, -0.05) is 5.16 Å². The van der Waals surface area contributed by atoms with Gasteiger partial charge in [0.2, 0.25) is 12.1 Å². The quantitative estimate of drug-likeness (QED) is 0.441. The highest BCUT2D eigenvalue weighted by atomic mass is 32.1. The third-order valence-electron chi connectivity index (χ3n) is 2.78. The predicted molar refractivity (Wildman–Crippen MR) is 81.7 cm³/mol. The van der Waals surface area contributed by atoms with E-state index in [1.54, 1.807) is 13.8 Å². The molecule has 0 aliphatic rings. The van der Waals surface area contributed by atoms with Crippen molar-refractivity contribution < 1.29 is 14.6 Å². The van der Waals surface area contributed by atoms with E-state index in [-0.39, 0.29) is 22.4 Å². The average Bonchev–Trinajstić information content (AvgIpc) is 3.05. The van der Waals surface area contributed by atoms with Gasteiger partial charge in [-0.2, -0.15) is 0 Å². The number of imidazole rings is 1. The lowest BCUT2D eigenvalue weighted by Crippen LogP contribution is -2.25. The SMILES string of the molecule is Cc1nc([N+](=O)[O-])cn1C(C)O/N=C(\C(N)=O)c1csc(N)n1. The van der Waals surface area contributed by atoms with Crippen LogP contribution in [0.3, 0.4) is 0 Å². The zero-order valence-corrected chi connectivity index (χ0v) is 13.0. The Bertz CT molecular complexity index is 781. The van der Waals surface area contributed by atoms with Crippen molar-refractivity contribution in [2.45, 2.75) is 20.1 Å². The lowest BCUT2D eigenvalue weighted by molar-refractivity contribution is -0.389. The van der Waals surface area contributed by atoms with Crippen LogP contribution in [0.2, 0.25) is 0 Å². The third kappa shape index (κ3) is 3.60. The largest absolute Gasteiger partial charge is 0.381 e. The number of carbonyl (C=O) groups is 1. The Kier molecular flexibility index (Phi) is 4.55. The number of nitro groups is 1. The summed E-state index contributed by atoms with van der Waals surface area (Å²) in [5, 5.41) is 16.2. The molecule has 11 nitrogen and oxygen atoms in total. The molecule has 0 spiro atoms. The smallest absolute Gasteiger partial charge is 0.375 e. The molecule has 0 bridgehead atoms.